The summed E-state index contributed by atoms with van der Waals surface area (Å²) in [6, 6.07) is 6.08. The number of carbonyl (C=O) groups is 1. The Labute approximate surface area is 120 Å². The highest BCUT2D eigenvalue weighted by Crippen LogP contribution is 2.28. The lowest BCUT2D eigenvalue weighted by atomic mass is 10.2. The summed E-state index contributed by atoms with van der Waals surface area (Å²) in [6.07, 6.45) is 1.52. The molecule has 0 aliphatic carbocycles. The minimum Gasteiger partial charge on any atom is -0.398 e. The van der Waals surface area contributed by atoms with E-state index >= 15 is 0 Å². The third-order valence-electron chi connectivity index (χ3n) is 3.19. The lowest BCUT2D eigenvalue weighted by Gasteiger charge is -2.18. The summed E-state index contributed by atoms with van der Waals surface area (Å²) in [5, 5.41) is 0. The SMILES string of the molecule is CCN(CC)C(=O)CCCSc1cccc(C)c1N. The molecule has 3 nitrogen and oxygen atoms in total. The zero-order valence-electron chi connectivity index (χ0n) is 12.1. The summed E-state index contributed by atoms with van der Waals surface area (Å²) in [7, 11) is 0. The molecule has 2 N–H and O–H groups in total. The molecule has 1 aromatic rings. The maximum absolute atomic E-state index is 11.8. The fraction of sp³-hybridized carbons (Fsp3) is 0.533. The van der Waals surface area contributed by atoms with Gasteiger partial charge in [0.05, 0.1) is 0 Å². The summed E-state index contributed by atoms with van der Waals surface area (Å²) in [5.41, 5.74) is 8.00. The van der Waals surface area contributed by atoms with Gasteiger partial charge >= 0.3 is 0 Å². The van der Waals surface area contributed by atoms with Crippen molar-refractivity contribution in [2.24, 2.45) is 0 Å². The van der Waals surface area contributed by atoms with E-state index in [1.165, 1.54) is 0 Å². The van der Waals surface area contributed by atoms with Crippen molar-refractivity contribution in [3.05, 3.63) is 23.8 Å². The number of hydrogen-bond acceptors (Lipinski definition) is 3. The largest absolute Gasteiger partial charge is 0.398 e. The van der Waals surface area contributed by atoms with Gasteiger partial charge in [-0.15, -0.1) is 11.8 Å². The zero-order valence-corrected chi connectivity index (χ0v) is 12.9. The van der Waals surface area contributed by atoms with Crippen LogP contribution in [-0.4, -0.2) is 29.6 Å². The predicted octanol–water partition coefficient (Wildman–Crippen LogP) is 3.32. The Morgan fingerprint density at radius 3 is 2.63 bits per heavy atom. The molecule has 1 amide bonds. The van der Waals surface area contributed by atoms with Gasteiger partial charge < -0.3 is 10.6 Å². The number of hydrogen-bond donors (Lipinski definition) is 1. The molecule has 4 heteroatoms. The number of anilines is 1. The van der Waals surface area contributed by atoms with Crippen LogP contribution in [0.25, 0.3) is 0 Å². The van der Waals surface area contributed by atoms with Crippen molar-refractivity contribution < 1.29 is 4.79 Å². The number of aryl methyl sites for hydroxylation is 1. The van der Waals surface area contributed by atoms with Gasteiger partial charge in [0, 0.05) is 30.1 Å². The summed E-state index contributed by atoms with van der Waals surface area (Å²) in [4.78, 5) is 14.8. The van der Waals surface area contributed by atoms with Crippen LogP contribution in [0.3, 0.4) is 0 Å². The maximum Gasteiger partial charge on any atom is 0.222 e. The number of amides is 1. The molecule has 0 spiro atoms. The van der Waals surface area contributed by atoms with E-state index in [1.807, 2.05) is 43.9 Å². The lowest BCUT2D eigenvalue weighted by Crippen LogP contribution is -2.30. The van der Waals surface area contributed by atoms with Crippen molar-refractivity contribution in [1.29, 1.82) is 0 Å². The van der Waals surface area contributed by atoms with Crippen LogP contribution in [0, 0.1) is 6.92 Å². The van der Waals surface area contributed by atoms with Crippen LogP contribution in [0.1, 0.15) is 32.3 Å². The topological polar surface area (TPSA) is 46.3 Å². The average molecular weight is 280 g/mol. The number of nitrogens with two attached hydrogens (primary N) is 1. The molecule has 0 bridgehead atoms. The van der Waals surface area contributed by atoms with Crippen LogP contribution in [0.4, 0.5) is 5.69 Å². The van der Waals surface area contributed by atoms with Crippen LogP contribution in [0.2, 0.25) is 0 Å². The number of nitrogens with zero attached hydrogens (tertiary/aromatic N) is 1. The summed E-state index contributed by atoms with van der Waals surface area (Å²) in [6.45, 7) is 7.65. The maximum atomic E-state index is 11.8. The zero-order chi connectivity index (χ0) is 14.3. The molecule has 1 rings (SSSR count). The molecule has 0 radical (unpaired) electrons. The molecule has 0 saturated carbocycles. The van der Waals surface area contributed by atoms with Crippen LogP contribution < -0.4 is 5.73 Å². The molecule has 1 aromatic carbocycles. The molecular formula is C15H24N2OS. The van der Waals surface area contributed by atoms with E-state index in [-0.39, 0.29) is 5.91 Å². The van der Waals surface area contributed by atoms with E-state index in [0.29, 0.717) is 6.42 Å². The number of benzene rings is 1. The van der Waals surface area contributed by atoms with Crippen molar-refractivity contribution in [2.45, 2.75) is 38.5 Å². The van der Waals surface area contributed by atoms with Crippen molar-refractivity contribution >= 4 is 23.4 Å². The minimum atomic E-state index is 0.253. The van der Waals surface area contributed by atoms with E-state index in [4.69, 9.17) is 5.73 Å². The number of carbonyl (C=O) groups excluding carboxylic acids is 1. The van der Waals surface area contributed by atoms with Gasteiger partial charge in [-0.05, 0) is 44.6 Å². The van der Waals surface area contributed by atoms with Gasteiger partial charge in [0.1, 0.15) is 0 Å². The Kier molecular flexibility index (Phi) is 6.78. The highest BCUT2D eigenvalue weighted by molar-refractivity contribution is 7.99. The summed E-state index contributed by atoms with van der Waals surface area (Å²) in [5.74, 6) is 1.18. The first kappa shape index (κ1) is 15.9. The van der Waals surface area contributed by atoms with E-state index in [1.54, 1.807) is 11.8 Å². The van der Waals surface area contributed by atoms with E-state index in [9.17, 15) is 4.79 Å². The lowest BCUT2D eigenvalue weighted by molar-refractivity contribution is -0.130. The van der Waals surface area contributed by atoms with Crippen molar-refractivity contribution in [1.82, 2.24) is 4.90 Å². The predicted molar refractivity (Wildman–Crippen MR) is 83.5 cm³/mol. The van der Waals surface area contributed by atoms with Gasteiger partial charge in [-0.2, -0.15) is 0 Å². The van der Waals surface area contributed by atoms with Crippen LogP contribution in [-0.2, 0) is 4.79 Å². The van der Waals surface area contributed by atoms with Crippen molar-refractivity contribution in [3.8, 4) is 0 Å². The second kappa shape index (κ2) is 8.10. The fourth-order valence-electron chi connectivity index (χ4n) is 1.92. The highest BCUT2D eigenvalue weighted by atomic mass is 32.2. The van der Waals surface area contributed by atoms with E-state index < -0.39 is 0 Å². The molecule has 0 unspecified atom stereocenters. The first-order chi connectivity index (χ1) is 9.10. The molecule has 0 atom stereocenters. The summed E-state index contributed by atoms with van der Waals surface area (Å²) < 4.78 is 0. The van der Waals surface area contributed by atoms with E-state index in [2.05, 4.69) is 0 Å². The quantitative estimate of drug-likeness (QED) is 0.473. The van der Waals surface area contributed by atoms with Crippen molar-refractivity contribution in [3.63, 3.8) is 0 Å². The Balaban J connectivity index is 2.35. The highest BCUT2D eigenvalue weighted by Gasteiger charge is 2.09. The molecule has 106 valence electrons. The second-order valence-electron chi connectivity index (χ2n) is 4.50. The summed E-state index contributed by atoms with van der Waals surface area (Å²) >= 11 is 1.73. The third kappa shape index (κ3) is 4.78. The monoisotopic (exact) mass is 280 g/mol. The Hall–Kier alpha value is -1.16. The number of rotatable bonds is 7. The van der Waals surface area contributed by atoms with Crippen LogP contribution >= 0.6 is 11.8 Å². The van der Waals surface area contributed by atoms with Crippen LogP contribution in [0.5, 0.6) is 0 Å². The number of nitrogen functional groups attached to an aromatic ring is 1. The second-order valence-corrected chi connectivity index (χ2v) is 5.64. The van der Waals surface area contributed by atoms with Crippen LogP contribution in [0.15, 0.2) is 23.1 Å². The van der Waals surface area contributed by atoms with Gasteiger partial charge in [-0.25, -0.2) is 0 Å². The van der Waals surface area contributed by atoms with Gasteiger partial charge in [-0.1, -0.05) is 12.1 Å². The first-order valence-electron chi connectivity index (χ1n) is 6.85. The molecular weight excluding hydrogens is 256 g/mol. The van der Waals surface area contributed by atoms with Gasteiger partial charge in [0.25, 0.3) is 0 Å². The Bertz CT molecular complexity index is 417. The standard InChI is InChI=1S/C15H24N2OS/c1-4-17(5-2)14(18)10-7-11-19-13-9-6-8-12(3)15(13)16/h6,8-9H,4-5,7,10-11,16H2,1-3H3. The minimum absolute atomic E-state index is 0.253. The smallest absolute Gasteiger partial charge is 0.222 e. The fourth-order valence-corrected chi connectivity index (χ4v) is 2.92. The number of thioether (sulfide) groups is 1. The van der Waals surface area contributed by atoms with Gasteiger partial charge in [0.2, 0.25) is 5.91 Å². The van der Waals surface area contributed by atoms with Crippen molar-refractivity contribution in [2.75, 3.05) is 24.6 Å². The molecule has 0 saturated heterocycles. The molecule has 0 heterocycles. The first-order valence-corrected chi connectivity index (χ1v) is 7.84. The van der Waals surface area contributed by atoms with E-state index in [0.717, 1.165) is 41.4 Å². The molecule has 0 aromatic heterocycles. The normalized spacial score (nSPS) is 10.5. The molecule has 0 aliphatic heterocycles. The molecule has 0 aliphatic rings. The Morgan fingerprint density at radius 2 is 2.00 bits per heavy atom. The van der Waals surface area contributed by atoms with Gasteiger partial charge in [-0.3, -0.25) is 4.79 Å². The Morgan fingerprint density at radius 1 is 1.32 bits per heavy atom. The average Bonchev–Trinajstić information content (AvgIpc) is 2.40. The molecule has 0 fully saturated rings. The van der Waals surface area contributed by atoms with Gasteiger partial charge in [0.15, 0.2) is 0 Å². The third-order valence-corrected chi connectivity index (χ3v) is 4.35. The molecule has 19 heavy (non-hydrogen) atoms. The number of para-hydroxylation sites is 1.